The molecule has 1 N–H and O–H groups in total. The number of aromatic nitrogens is 1. The van der Waals surface area contributed by atoms with E-state index in [9.17, 15) is 9.18 Å². The molecular formula is C24H26ClFN4O2. The largest absolute Gasteiger partial charge is 0.360 e. The molecule has 0 atom stereocenters. The fraction of sp³-hybridized carbons (Fsp3) is 0.333. The summed E-state index contributed by atoms with van der Waals surface area (Å²) in [5.74, 6) is -0.569. The Morgan fingerprint density at radius 3 is 2.53 bits per heavy atom. The number of benzene rings is 2. The molecule has 1 aliphatic rings. The summed E-state index contributed by atoms with van der Waals surface area (Å²) in [5, 5.41) is 6.99. The fourth-order valence-electron chi connectivity index (χ4n) is 3.96. The Hall–Kier alpha value is -2.74. The van der Waals surface area contributed by atoms with Crippen LogP contribution in [0.1, 0.15) is 21.7 Å². The van der Waals surface area contributed by atoms with Crippen molar-refractivity contribution in [3.8, 4) is 11.3 Å². The van der Waals surface area contributed by atoms with E-state index >= 15 is 0 Å². The lowest BCUT2D eigenvalue weighted by Crippen LogP contribution is -2.48. The van der Waals surface area contributed by atoms with Crippen LogP contribution in [0.4, 0.5) is 4.39 Å². The van der Waals surface area contributed by atoms with Crippen molar-refractivity contribution in [2.45, 2.75) is 13.5 Å². The molecule has 0 spiro atoms. The molecule has 4 rings (SSSR count). The van der Waals surface area contributed by atoms with Crippen LogP contribution in [0.15, 0.2) is 53.1 Å². The third-order valence-corrected chi connectivity index (χ3v) is 6.03. The lowest BCUT2D eigenvalue weighted by Gasteiger charge is -2.34. The van der Waals surface area contributed by atoms with Crippen LogP contribution >= 0.6 is 11.6 Å². The fourth-order valence-corrected chi connectivity index (χ4v) is 4.22. The van der Waals surface area contributed by atoms with Gasteiger partial charge in [-0.05, 0) is 24.6 Å². The third kappa shape index (κ3) is 5.18. The number of hydrogen-bond donors (Lipinski definition) is 1. The molecule has 6 nitrogen and oxygen atoms in total. The minimum atomic E-state index is -0.548. The number of carbonyl (C=O) groups is 1. The molecule has 1 saturated heterocycles. The van der Waals surface area contributed by atoms with Gasteiger partial charge in [-0.15, -0.1) is 0 Å². The Morgan fingerprint density at radius 2 is 1.81 bits per heavy atom. The number of rotatable bonds is 7. The molecule has 2 heterocycles. The second kappa shape index (κ2) is 10.3. The van der Waals surface area contributed by atoms with Crippen LogP contribution in [0.3, 0.4) is 0 Å². The van der Waals surface area contributed by atoms with Gasteiger partial charge in [0.2, 0.25) is 0 Å². The first kappa shape index (κ1) is 22.5. The molecule has 1 aliphatic heterocycles. The molecule has 168 valence electrons. The van der Waals surface area contributed by atoms with Gasteiger partial charge in [0.05, 0.1) is 10.6 Å². The van der Waals surface area contributed by atoms with E-state index in [1.165, 1.54) is 17.7 Å². The average molecular weight is 457 g/mol. The average Bonchev–Trinajstić information content (AvgIpc) is 3.16. The van der Waals surface area contributed by atoms with Crippen LogP contribution in [0, 0.1) is 12.7 Å². The maximum absolute atomic E-state index is 14.3. The highest BCUT2D eigenvalue weighted by atomic mass is 35.5. The number of halogens is 2. The van der Waals surface area contributed by atoms with E-state index in [0.29, 0.717) is 12.3 Å². The van der Waals surface area contributed by atoms with Crippen LogP contribution in [-0.4, -0.2) is 60.1 Å². The van der Waals surface area contributed by atoms with Crippen molar-refractivity contribution in [3.05, 3.63) is 76.3 Å². The molecular weight excluding hydrogens is 431 g/mol. The zero-order chi connectivity index (χ0) is 22.5. The summed E-state index contributed by atoms with van der Waals surface area (Å²) in [6.45, 7) is 7.69. The molecule has 0 radical (unpaired) electrons. The summed E-state index contributed by atoms with van der Waals surface area (Å²) in [6.07, 6.45) is 0. The predicted molar refractivity (Wildman–Crippen MR) is 122 cm³/mol. The summed E-state index contributed by atoms with van der Waals surface area (Å²) in [5.41, 5.74) is 1.73. The van der Waals surface area contributed by atoms with Gasteiger partial charge in [0.15, 0.2) is 0 Å². The molecule has 1 fully saturated rings. The van der Waals surface area contributed by atoms with Crippen LogP contribution in [-0.2, 0) is 6.54 Å². The molecule has 1 amide bonds. The number of amides is 1. The Kier molecular flexibility index (Phi) is 7.19. The first-order valence-corrected chi connectivity index (χ1v) is 11.1. The van der Waals surface area contributed by atoms with E-state index in [0.717, 1.165) is 39.3 Å². The summed E-state index contributed by atoms with van der Waals surface area (Å²) < 4.78 is 19.5. The van der Waals surface area contributed by atoms with E-state index < -0.39 is 5.82 Å². The Balaban J connectivity index is 1.30. The molecule has 1 aromatic heterocycles. The molecule has 3 aromatic rings. The highest BCUT2D eigenvalue weighted by Crippen LogP contribution is 2.33. The van der Waals surface area contributed by atoms with Crippen molar-refractivity contribution in [2.75, 3.05) is 39.3 Å². The summed E-state index contributed by atoms with van der Waals surface area (Å²) in [6, 6.07) is 14.8. The third-order valence-electron chi connectivity index (χ3n) is 5.72. The molecule has 2 aromatic carbocycles. The van der Waals surface area contributed by atoms with Gasteiger partial charge in [-0.25, -0.2) is 4.39 Å². The summed E-state index contributed by atoms with van der Waals surface area (Å²) >= 11 is 6.15. The van der Waals surface area contributed by atoms with Crippen molar-refractivity contribution in [1.82, 2.24) is 20.3 Å². The quantitative estimate of drug-likeness (QED) is 0.582. The standard InChI is InChI=1S/C24H26ClFN4O2/c1-17-21(23(28-32-17)22-19(25)8-5-9-20(22)26)24(31)27-10-11-29-12-14-30(15-13-29)16-18-6-3-2-4-7-18/h2-9H,10-16H2,1H3,(H,27,31). The van der Waals surface area contributed by atoms with Gasteiger partial charge in [-0.1, -0.05) is 53.2 Å². The molecule has 0 bridgehead atoms. The van der Waals surface area contributed by atoms with E-state index in [2.05, 4.69) is 44.5 Å². The minimum Gasteiger partial charge on any atom is -0.360 e. The highest BCUT2D eigenvalue weighted by molar-refractivity contribution is 6.33. The van der Waals surface area contributed by atoms with Crippen molar-refractivity contribution in [3.63, 3.8) is 0 Å². The summed E-state index contributed by atoms with van der Waals surface area (Å²) in [4.78, 5) is 17.6. The number of piperazine rings is 1. The van der Waals surface area contributed by atoms with Gasteiger partial charge in [-0.2, -0.15) is 0 Å². The minimum absolute atomic E-state index is 0.0747. The van der Waals surface area contributed by atoms with Gasteiger partial charge in [0.25, 0.3) is 5.91 Å². The predicted octanol–water partition coefficient (Wildman–Crippen LogP) is 3.99. The van der Waals surface area contributed by atoms with E-state index in [4.69, 9.17) is 16.1 Å². The maximum atomic E-state index is 14.3. The lowest BCUT2D eigenvalue weighted by atomic mass is 10.0. The smallest absolute Gasteiger partial charge is 0.257 e. The number of aryl methyl sites for hydroxylation is 1. The molecule has 0 aliphatic carbocycles. The molecule has 0 saturated carbocycles. The topological polar surface area (TPSA) is 61.6 Å². The van der Waals surface area contributed by atoms with Gasteiger partial charge < -0.3 is 9.84 Å². The maximum Gasteiger partial charge on any atom is 0.257 e. The van der Waals surface area contributed by atoms with Crippen molar-refractivity contribution in [1.29, 1.82) is 0 Å². The molecule has 0 unspecified atom stereocenters. The summed E-state index contributed by atoms with van der Waals surface area (Å²) in [7, 11) is 0. The van der Waals surface area contributed by atoms with Crippen molar-refractivity contribution < 1.29 is 13.7 Å². The number of hydrogen-bond acceptors (Lipinski definition) is 5. The van der Waals surface area contributed by atoms with Gasteiger partial charge in [-0.3, -0.25) is 14.6 Å². The van der Waals surface area contributed by atoms with Gasteiger partial charge in [0, 0.05) is 45.8 Å². The second-order valence-electron chi connectivity index (χ2n) is 7.92. The van der Waals surface area contributed by atoms with Crippen LogP contribution in [0.5, 0.6) is 0 Å². The number of nitrogens with zero attached hydrogens (tertiary/aromatic N) is 3. The Labute approximate surface area is 191 Å². The van der Waals surface area contributed by atoms with E-state index in [-0.39, 0.29) is 27.8 Å². The first-order chi connectivity index (χ1) is 15.5. The van der Waals surface area contributed by atoms with E-state index in [1.54, 1.807) is 13.0 Å². The Morgan fingerprint density at radius 1 is 1.09 bits per heavy atom. The first-order valence-electron chi connectivity index (χ1n) is 10.7. The van der Waals surface area contributed by atoms with Gasteiger partial charge in [0.1, 0.15) is 22.8 Å². The molecule has 8 heteroatoms. The van der Waals surface area contributed by atoms with Crippen molar-refractivity contribution >= 4 is 17.5 Å². The van der Waals surface area contributed by atoms with Crippen molar-refractivity contribution in [2.24, 2.45) is 0 Å². The number of nitrogens with one attached hydrogen (secondary N) is 1. The highest BCUT2D eigenvalue weighted by Gasteiger charge is 2.25. The monoisotopic (exact) mass is 456 g/mol. The lowest BCUT2D eigenvalue weighted by molar-refractivity contribution is 0.0933. The van der Waals surface area contributed by atoms with Gasteiger partial charge >= 0.3 is 0 Å². The second-order valence-corrected chi connectivity index (χ2v) is 8.33. The van der Waals surface area contributed by atoms with Crippen LogP contribution in [0.25, 0.3) is 11.3 Å². The Bertz CT molecular complexity index is 1040. The zero-order valence-corrected chi connectivity index (χ0v) is 18.7. The van der Waals surface area contributed by atoms with Crippen LogP contribution < -0.4 is 5.32 Å². The normalized spacial score (nSPS) is 15.1. The molecule has 32 heavy (non-hydrogen) atoms. The van der Waals surface area contributed by atoms with E-state index in [1.807, 2.05) is 6.07 Å². The zero-order valence-electron chi connectivity index (χ0n) is 18.0. The number of carbonyl (C=O) groups excluding carboxylic acids is 1. The van der Waals surface area contributed by atoms with Crippen LogP contribution in [0.2, 0.25) is 5.02 Å². The SMILES string of the molecule is Cc1onc(-c2c(F)cccc2Cl)c1C(=O)NCCN1CCN(Cc2ccccc2)CC1.